The number of carbonyl (C=O) groups is 2. The van der Waals surface area contributed by atoms with E-state index in [1.807, 2.05) is 24.3 Å². The van der Waals surface area contributed by atoms with Gasteiger partial charge in [-0.2, -0.15) is 0 Å². The quantitative estimate of drug-likeness (QED) is 0.178. The molecule has 178 valence electrons. The number of imide groups is 1. The highest BCUT2D eigenvalue weighted by molar-refractivity contribution is 6.23. The van der Waals surface area contributed by atoms with Crippen LogP contribution in [0.5, 0.6) is 5.75 Å². The SMILES string of the molecule is [C-]#[N+]c1ccc(N2C(=O)N(CCCOc3ccc(-c4cc[n+](O)cc4)cc3)C(C)(C)C2=O)cc1F. The lowest BCUT2D eigenvalue weighted by atomic mass is 10.0. The zero-order valence-corrected chi connectivity index (χ0v) is 19.3. The highest BCUT2D eigenvalue weighted by atomic mass is 19.1. The predicted octanol–water partition coefficient (Wildman–Crippen LogP) is 4.58. The van der Waals surface area contributed by atoms with Crippen LogP contribution in [-0.2, 0) is 4.79 Å². The fourth-order valence-corrected chi connectivity index (χ4v) is 3.93. The average Bonchev–Trinajstić information content (AvgIpc) is 3.01. The van der Waals surface area contributed by atoms with Crippen molar-refractivity contribution in [2.45, 2.75) is 25.8 Å². The molecule has 9 heteroatoms. The Morgan fingerprint density at radius 1 is 1.06 bits per heavy atom. The molecular weight excluding hydrogens is 451 g/mol. The molecule has 1 N–H and O–H groups in total. The fraction of sp³-hybridized carbons (Fsp3) is 0.231. The van der Waals surface area contributed by atoms with Crippen LogP contribution >= 0.6 is 0 Å². The first-order valence-electron chi connectivity index (χ1n) is 11.0. The van der Waals surface area contributed by atoms with Crippen molar-refractivity contribution in [3.8, 4) is 16.9 Å². The van der Waals surface area contributed by atoms with Crippen molar-refractivity contribution < 1.29 is 28.7 Å². The number of pyridine rings is 1. The summed E-state index contributed by atoms with van der Waals surface area (Å²) in [4.78, 5) is 31.5. The Morgan fingerprint density at radius 3 is 2.34 bits per heavy atom. The summed E-state index contributed by atoms with van der Waals surface area (Å²) in [6, 6.07) is 14.2. The summed E-state index contributed by atoms with van der Waals surface area (Å²) in [5.74, 6) is -0.568. The molecule has 0 unspecified atom stereocenters. The largest absolute Gasteiger partial charge is 0.494 e. The number of aromatic nitrogens is 1. The minimum absolute atomic E-state index is 0.101. The van der Waals surface area contributed by atoms with Crippen molar-refractivity contribution in [3.05, 3.63) is 84.2 Å². The van der Waals surface area contributed by atoms with E-state index in [0.29, 0.717) is 18.8 Å². The molecule has 0 atom stereocenters. The van der Waals surface area contributed by atoms with Crippen LogP contribution in [0.15, 0.2) is 67.0 Å². The average molecular weight is 476 g/mol. The van der Waals surface area contributed by atoms with Crippen molar-refractivity contribution in [2.75, 3.05) is 18.1 Å². The summed E-state index contributed by atoms with van der Waals surface area (Å²) in [7, 11) is 0. The van der Waals surface area contributed by atoms with Gasteiger partial charge in [-0.3, -0.25) is 10.0 Å². The molecule has 0 saturated carbocycles. The molecule has 0 radical (unpaired) electrons. The maximum Gasteiger partial charge on any atom is 0.332 e. The molecule has 2 heterocycles. The summed E-state index contributed by atoms with van der Waals surface area (Å²) in [6.45, 7) is 10.9. The van der Waals surface area contributed by atoms with Gasteiger partial charge in [-0.05, 0) is 55.7 Å². The van der Waals surface area contributed by atoms with Crippen molar-refractivity contribution in [2.24, 2.45) is 0 Å². The molecule has 1 fully saturated rings. The minimum Gasteiger partial charge on any atom is -0.494 e. The number of ether oxygens (including phenoxy) is 1. The van der Waals surface area contributed by atoms with E-state index >= 15 is 0 Å². The van der Waals surface area contributed by atoms with Crippen molar-refractivity contribution in [1.82, 2.24) is 4.90 Å². The van der Waals surface area contributed by atoms with Crippen LogP contribution in [0, 0.1) is 12.4 Å². The molecule has 8 nitrogen and oxygen atoms in total. The minimum atomic E-state index is -1.10. The lowest BCUT2D eigenvalue weighted by molar-refractivity contribution is -0.904. The molecule has 3 amide bonds. The second kappa shape index (κ2) is 9.43. The third-order valence-corrected chi connectivity index (χ3v) is 5.93. The summed E-state index contributed by atoms with van der Waals surface area (Å²) >= 11 is 0. The molecule has 1 aromatic heterocycles. The predicted molar refractivity (Wildman–Crippen MR) is 126 cm³/mol. The second-order valence-electron chi connectivity index (χ2n) is 8.57. The number of rotatable bonds is 7. The Morgan fingerprint density at radius 2 is 1.71 bits per heavy atom. The Hall–Kier alpha value is -4.45. The van der Waals surface area contributed by atoms with Crippen LogP contribution in [0.2, 0.25) is 0 Å². The standard InChI is InChI=1S/C26H24FN4O4/c1-26(2)24(32)31(20-7-10-23(28-3)22(27)17-20)25(33)30(26)13-4-16-35-21-8-5-18(6-9-21)19-11-14-29(34)15-12-19/h5-12,14-15,17,34H,4,13,16H2,1-2H3/q+1. The van der Waals surface area contributed by atoms with Gasteiger partial charge in [-0.25, -0.2) is 18.9 Å². The normalized spacial score (nSPS) is 14.8. The third-order valence-electron chi connectivity index (χ3n) is 5.93. The number of nitrogens with zero attached hydrogens (tertiary/aromatic N) is 4. The van der Waals surface area contributed by atoms with E-state index in [4.69, 9.17) is 11.3 Å². The van der Waals surface area contributed by atoms with Crippen molar-refractivity contribution in [3.63, 3.8) is 0 Å². The number of hydrogen-bond donors (Lipinski definition) is 1. The number of anilines is 1. The van der Waals surface area contributed by atoms with Crippen LogP contribution in [-0.4, -0.2) is 40.7 Å². The number of halogens is 1. The van der Waals surface area contributed by atoms with Gasteiger partial charge in [-0.1, -0.05) is 18.2 Å². The maximum absolute atomic E-state index is 14.1. The van der Waals surface area contributed by atoms with Crippen LogP contribution < -0.4 is 14.4 Å². The highest BCUT2D eigenvalue weighted by Crippen LogP contribution is 2.34. The van der Waals surface area contributed by atoms with Crippen LogP contribution in [0.25, 0.3) is 16.0 Å². The van der Waals surface area contributed by atoms with Crippen LogP contribution in [0.4, 0.5) is 20.6 Å². The topological polar surface area (TPSA) is 78.3 Å². The maximum atomic E-state index is 14.1. The number of hydrogen-bond acceptors (Lipinski definition) is 4. The molecule has 0 bridgehead atoms. The lowest BCUT2D eigenvalue weighted by Gasteiger charge is -2.27. The Balaban J connectivity index is 1.36. The molecule has 0 spiro atoms. The van der Waals surface area contributed by atoms with Crippen LogP contribution in [0.1, 0.15) is 20.3 Å². The van der Waals surface area contributed by atoms with E-state index in [2.05, 4.69) is 4.85 Å². The van der Waals surface area contributed by atoms with E-state index in [1.165, 1.54) is 17.0 Å². The van der Waals surface area contributed by atoms with E-state index in [0.717, 1.165) is 26.8 Å². The molecule has 0 aliphatic carbocycles. The molecule has 4 rings (SSSR count). The number of carbonyl (C=O) groups excluding carboxylic acids is 2. The van der Waals surface area contributed by atoms with E-state index in [9.17, 15) is 19.2 Å². The zero-order chi connectivity index (χ0) is 25.2. The summed E-state index contributed by atoms with van der Waals surface area (Å²) in [5, 5.41) is 9.34. The number of benzene rings is 2. The van der Waals surface area contributed by atoms with Gasteiger partial charge in [0.05, 0.1) is 18.9 Å². The highest BCUT2D eigenvalue weighted by Gasteiger charge is 2.51. The molecule has 1 saturated heterocycles. The first-order valence-corrected chi connectivity index (χ1v) is 11.0. The number of amides is 3. The van der Waals surface area contributed by atoms with Crippen molar-refractivity contribution in [1.29, 1.82) is 0 Å². The summed E-state index contributed by atoms with van der Waals surface area (Å²) in [6.07, 6.45) is 3.58. The Kier molecular flexibility index (Phi) is 6.38. The molecule has 35 heavy (non-hydrogen) atoms. The Bertz CT molecular complexity index is 1300. The van der Waals surface area contributed by atoms with E-state index < -0.39 is 23.3 Å². The molecule has 1 aliphatic heterocycles. The smallest absolute Gasteiger partial charge is 0.332 e. The van der Waals surface area contributed by atoms with Gasteiger partial charge in [0.25, 0.3) is 5.91 Å². The first-order chi connectivity index (χ1) is 16.7. The fourth-order valence-electron chi connectivity index (χ4n) is 3.93. The van der Waals surface area contributed by atoms with E-state index in [1.54, 1.807) is 38.4 Å². The van der Waals surface area contributed by atoms with Gasteiger partial charge >= 0.3 is 6.03 Å². The first kappa shape index (κ1) is 23.7. The zero-order valence-electron chi connectivity index (χ0n) is 19.3. The van der Waals surface area contributed by atoms with Gasteiger partial charge in [-0.15, -0.1) is 0 Å². The van der Waals surface area contributed by atoms with Crippen molar-refractivity contribution >= 4 is 23.3 Å². The van der Waals surface area contributed by atoms with Gasteiger partial charge in [0, 0.05) is 23.4 Å². The monoisotopic (exact) mass is 475 g/mol. The second-order valence-corrected chi connectivity index (χ2v) is 8.57. The number of urea groups is 1. The Labute approximate surface area is 202 Å². The third kappa shape index (κ3) is 4.64. The summed E-state index contributed by atoms with van der Waals surface area (Å²) in [5.41, 5.74) is 0.757. The van der Waals surface area contributed by atoms with Gasteiger partial charge in [0.15, 0.2) is 0 Å². The molecular formula is C26H24FN4O4+. The molecule has 2 aromatic carbocycles. The van der Waals surface area contributed by atoms with Gasteiger partial charge < -0.3 is 9.64 Å². The lowest BCUT2D eigenvalue weighted by Crippen LogP contribution is -2.44. The molecule has 3 aromatic rings. The molecule has 1 aliphatic rings. The van der Waals surface area contributed by atoms with E-state index in [-0.39, 0.29) is 17.9 Å². The summed E-state index contributed by atoms with van der Waals surface area (Å²) < 4.78 is 20.9. The van der Waals surface area contributed by atoms with Gasteiger partial charge in [0.1, 0.15) is 17.1 Å². The van der Waals surface area contributed by atoms with Gasteiger partial charge in [0.2, 0.25) is 18.1 Å². The van der Waals surface area contributed by atoms with Crippen LogP contribution in [0.3, 0.4) is 0 Å².